The molecule has 0 saturated heterocycles. The van der Waals surface area contributed by atoms with Gasteiger partial charge in [-0.3, -0.25) is 0 Å². The van der Waals surface area contributed by atoms with Crippen molar-refractivity contribution in [2.24, 2.45) is 0 Å². The first-order valence-electron chi connectivity index (χ1n) is 4.80. The summed E-state index contributed by atoms with van der Waals surface area (Å²) in [5, 5.41) is 3.22. The monoisotopic (exact) mass is 205 g/mol. The van der Waals surface area contributed by atoms with Crippen LogP contribution in [0.3, 0.4) is 0 Å². The molecule has 0 aromatic carbocycles. The van der Waals surface area contributed by atoms with Crippen molar-refractivity contribution in [1.29, 1.82) is 0 Å². The second-order valence-corrected chi connectivity index (χ2v) is 6.75. The van der Waals surface area contributed by atoms with Gasteiger partial charge < -0.3 is 5.32 Å². The van der Waals surface area contributed by atoms with E-state index in [0.29, 0.717) is 12.6 Å². The van der Waals surface area contributed by atoms with Gasteiger partial charge >= 0.3 is 0 Å². The molecule has 1 rings (SSSR count). The first-order chi connectivity index (χ1) is 5.87. The molecule has 1 fully saturated rings. The molecule has 0 atom stereocenters. The Morgan fingerprint density at radius 2 is 1.92 bits per heavy atom. The van der Waals surface area contributed by atoms with Gasteiger partial charge in [0.25, 0.3) is 0 Å². The lowest BCUT2D eigenvalue weighted by atomic mass is 9.84. The van der Waals surface area contributed by atoms with E-state index in [1.807, 2.05) is 13.8 Å². The first-order valence-corrected chi connectivity index (χ1v) is 6.69. The Hall–Kier alpha value is -0.0900. The maximum atomic E-state index is 11.5. The van der Waals surface area contributed by atoms with Gasteiger partial charge in [-0.05, 0) is 12.8 Å². The fraction of sp³-hybridized carbons (Fsp3) is 1.00. The minimum absolute atomic E-state index is 0.360. The van der Waals surface area contributed by atoms with E-state index in [-0.39, 0.29) is 0 Å². The van der Waals surface area contributed by atoms with Crippen LogP contribution in [0, 0.1) is 0 Å². The molecule has 78 valence electrons. The SMILES string of the molecule is CC(C)NCC1(S(C)(=O)=O)CCC1. The number of sulfone groups is 1. The molecule has 0 unspecified atom stereocenters. The van der Waals surface area contributed by atoms with E-state index in [2.05, 4.69) is 5.32 Å². The van der Waals surface area contributed by atoms with Crippen LogP contribution in [0.2, 0.25) is 0 Å². The summed E-state index contributed by atoms with van der Waals surface area (Å²) in [6.45, 7) is 4.69. The molecule has 0 amide bonds. The smallest absolute Gasteiger partial charge is 0.154 e. The zero-order valence-corrected chi connectivity index (χ0v) is 9.45. The number of hydrogen-bond donors (Lipinski definition) is 1. The van der Waals surface area contributed by atoms with Gasteiger partial charge in [-0.25, -0.2) is 8.42 Å². The van der Waals surface area contributed by atoms with E-state index < -0.39 is 14.6 Å². The van der Waals surface area contributed by atoms with Crippen LogP contribution in [0.15, 0.2) is 0 Å². The molecular formula is C9H19NO2S. The molecular weight excluding hydrogens is 186 g/mol. The van der Waals surface area contributed by atoms with Crippen LogP contribution in [0.5, 0.6) is 0 Å². The number of rotatable bonds is 4. The standard InChI is InChI=1S/C9H19NO2S/c1-8(2)10-7-9(5-4-6-9)13(3,11)12/h8,10H,4-7H2,1-3H3. The summed E-state index contributed by atoms with van der Waals surface area (Å²) in [5.74, 6) is 0. The van der Waals surface area contributed by atoms with Crippen LogP contribution in [-0.2, 0) is 9.84 Å². The summed E-state index contributed by atoms with van der Waals surface area (Å²) in [4.78, 5) is 0. The summed E-state index contributed by atoms with van der Waals surface area (Å²) in [5.41, 5.74) is 0. The van der Waals surface area contributed by atoms with Gasteiger partial charge in [0.05, 0.1) is 4.75 Å². The first kappa shape index (κ1) is 11.0. The van der Waals surface area contributed by atoms with Crippen LogP contribution in [0.1, 0.15) is 33.1 Å². The predicted molar refractivity (Wildman–Crippen MR) is 54.6 cm³/mol. The van der Waals surface area contributed by atoms with Crippen molar-refractivity contribution in [3.63, 3.8) is 0 Å². The molecule has 0 aromatic heterocycles. The van der Waals surface area contributed by atoms with Gasteiger partial charge in [0.15, 0.2) is 9.84 Å². The van der Waals surface area contributed by atoms with Gasteiger partial charge in [0.1, 0.15) is 0 Å². The van der Waals surface area contributed by atoms with Crippen LogP contribution < -0.4 is 5.32 Å². The lowest BCUT2D eigenvalue weighted by Gasteiger charge is -2.40. The lowest BCUT2D eigenvalue weighted by molar-refractivity contribution is 0.316. The normalized spacial score (nSPS) is 21.5. The van der Waals surface area contributed by atoms with E-state index in [4.69, 9.17) is 0 Å². The van der Waals surface area contributed by atoms with Gasteiger partial charge in [-0.15, -0.1) is 0 Å². The average molecular weight is 205 g/mol. The second-order valence-electron chi connectivity index (χ2n) is 4.34. The van der Waals surface area contributed by atoms with Crippen molar-refractivity contribution in [2.75, 3.05) is 12.8 Å². The molecule has 13 heavy (non-hydrogen) atoms. The highest BCUT2D eigenvalue weighted by molar-refractivity contribution is 7.92. The van der Waals surface area contributed by atoms with Crippen LogP contribution >= 0.6 is 0 Å². The van der Waals surface area contributed by atoms with Crippen molar-refractivity contribution in [3.8, 4) is 0 Å². The van der Waals surface area contributed by atoms with Crippen LogP contribution in [-0.4, -0.2) is 32.0 Å². The van der Waals surface area contributed by atoms with Crippen LogP contribution in [0.25, 0.3) is 0 Å². The van der Waals surface area contributed by atoms with E-state index >= 15 is 0 Å². The second kappa shape index (κ2) is 3.58. The lowest BCUT2D eigenvalue weighted by Crippen LogP contribution is -2.53. The molecule has 1 aliphatic rings. The van der Waals surface area contributed by atoms with Gasteiger partial charge in [0, 0.05) is 18.8 Å². The van der Waals surface area contributed by atoms with Gasteiger partial charge in [-0.2, -0.15) is 0 Å². The Morgan fingerprint density at radius 1 is 1.38 bits per heavy atom. The van der Waals surface area contributed by atoms with Crippen molar-refractivity contribution in [3.05, 3.63) is 0 Å². The molecule has 0 radical (unpaired) electrons. The Balaban J connectivity index is 2.61. The Kier molecular flexibility index (Phi) is 3.02. The number of hydrogen-bond acceptors (Lipinski definition) is 3. The van der Waals surface area contributed by atoms with E-state index in [1.165, 1.54) is 6.26 Å². The highest BCUT2D eigenvalue weighted by atomic mass is 32.2. The molecule has 1 aliphatic carbocycles. The number of nitrogens with one attached hydrogen (secondary N) is 1. The molecule has 0 spiro atoms. The predicted octanol–water partition coefficient (Wildman–Crippen LogP) is 0.952. The third-order valence-corrected chi connectivity index (χ3v) is 5.01. The highest BCUT2D eigenvalue weighted by Crippen LogP contribution is 2.38. The average Bonchev–Trinajstić information content (AvgIpc) is 1.80. The largest absolute Gasteiger partial charge is 0.313 e. The maximum absolute atomic E-state index is 11.5. The Bertz CT molecular complexity index is 265. The van der Waals surface area contributed by atoms with Gasteiger partial charge in [0.2, 0.25) is 0 Å². The molecule has 4 heteroatoms. The zero-order chi connectivity index (χ0) is 10.1. The Labute approximate surface area is 80.8 Å². The Morgan fingerprint density at radius 3 is 2.15 bits per heavy atom. The van der Waals surface area contributed by atoms with Crippen molar-refractivity contribution >= 4 is 9.84 Å². The molecule has 0 heterocycles. The summed E-state index contributed by atoms with van der Waals surface area (Å²) < 4.78 is 22.6. The van der Waals surface area contributed by atoms with Crippen molar-refractivity contribution in [2.45, 2.75) is 43.9 Å². The summed E-state index contributed by atoms with van der Waals surface area (Å²) in [6, 6.07) is 0.360. The van der Waals surface area contributed by atoms with E-state index in [9.17, 15) is 8.42 Å². The minimum Gasteiger partial charge on any atom is -0.313 e. The van der Waals surface area contributed by atoms with Crippen LogP contribution in [0.4, 0.5) is 0 Å². The molecule has 0 bridgehead atoms. The summed E-state index contributed by atoms with van der Waals surface area (Å²) >= 11 is 0. The quantitative estimate of drug-likeness (QED) is 0.743. The molecule has 0 aromatic rings. The molecule has 1 N–H and O–H groups in total. The molecule has 0 aliphatic heterocycles. The maximum Gasteiger partial charge on any atom is 0.154 e. The third kappa shape index (κ3) is 2.23. The summed E-state index contributed by atoms with van der Waals surface area (Å²) in [7, 11) is -2.89. The highest BCUT2D eigenvalue weighted by Gasteiger charge is 2.45. The van der Waals surface area contributed by atoms with Gasteiger partial charge in [-0.1, -0.05) is 20.3 Å². The minimum atomic E-state index is -2.89. The fourth-order valence-corrected chi connectivity index (χ4v) is 3.02. The van der Waals surface area contributed by atoms with E-state index in [0.717, 1.165) is 19.3 Å². The fourth-order valence-electron chi connectivity index (χ4n) is 1.64. The molecule has 1 saturated carbocycles. The molecule has 3 nitrogen and oxygen atoms in total. The van der Waals surface area contributed by atoms with E-state index in [1.54, 1.807) is 0 Å². The third-order valence-electron chi connectivity index (χ3n) is 2.88. The van der Waals surface area contributed by atoms with Crippen molar-refractivity contribution in [1.82, 2.24) is 5.32 Å². The van der Waals surface area contributed by atoms with Crippen molar-refractivity contribution < 1.29 is 8.42 Å². The topological polar surface area (TPSA) is 46.2 Å². The zero-order valence-electron chi connectivity index (χ0n) is 8.63. The summed E-state index contributed by atoms with van der Waals surface area (Å²) in [6.07, 6.45) is 4.05.